The quantitative estimate of drug-likeness (QED) is 0.608. The van der Waals surface area contributed by atoms with Gasteiger partial charge in [-0.25, -0.2) is 22.5 Å². The Morgan fingerprint density at radius 3 is 2.50 bits per heavy atom. The summed E-state index contributed by atoms with van der Waals surface area (Å²) in [6.45, 7) is 6.41. The lowest BCUT2D eigenvalue weighted by Gasteiger charge is -2.42. The van der Waals surface area contributed by atoms with Crippen LogP contribution >= 0.6 is 11.3 Å². The lowest BCUT2D eigenvalue weighted by molar-refractivity contribution is -0.192. The van der Waals surface area contributed by atoms with E-state index >= 15 is 0 Å². The number of morpholine rings is 1. The van der Waals surface area contributed by atoms with Gasteiger partial charge in [0.15, 0.2) is 0 Å². The third kappa shape index (κ3) is 8.23. The summed E-state index contributed by atoms with van der Waals surface area (Å²) in [4.78, 5) is 15.9. The molecule has 2 aliphatic rings. The number of halogens is 3. The zero-order valence-corrected chi connectivity index (χ0v) is 21.5. The molecule has 1 aromatic heterocycles. The highest BCUT2D eigenvalue weighted by atomic mass is 32.2. The number of carbonyl (C=O) groups is 1. The first-order valence-electron chi connectivity index (χ1n) is 11.5. The first kappa shape index (κ1) is 28.5. The van der Waals surface area contributed by atoms with Crippen LogP contribution in [-0.4, -0.2) is 78.2 Å². The van der Waals surface area contributed by atoms with E-state index < -0.39 is 22.2 Å². The van der Waals surface area contributed by atoms with Crippen LogP contribution in [0.2, 0.25) is 0 Å². The molecule has 3 heterocycles. The van der Waals surface area contributed by atoms with E-state index in [-0.39, 0.29) is 11.4 Å². The summed E-state index contributed by atoms with van der Waals surface area (Å²) in [6.07, 6.45) is -2.61. The van der Waals surface area contributed by atoms with Crippen molar-refractivity contribution in [1.82, 2.24) is 14.2 Å². The fourth-order valence-corrected chi connectivity index (χ4v) is 6.54. The summed E-state index contributed by atoms with van der Waals surface area (Å²) in [5, 5.41) is 10.3. The number of alkyl halides is 3. The number of sulfonamides is 1. The maximum Gasteiger partial charge on any atom is 0.490 e. The van der Waals surface area contributed by atoms with Crippen molar-refractivity contribution in [2.24, 2.45) is 0 Å². The second kappa shape index (κ2) is 12.0. The molecule has 2 fully saturated rings. The number of hydrogen-bond acceptors (Lipinski definition) is 7. The van der Waals surface area contributed by atoms with Crippen LogP contribution in [0, 0.1) is 6.92 Å². The molecule has 200 valence electrons. The molecular weight excluding hydrogens is 519 g/mol. The molecule has 0 aliphatic carbocycles. The minimum Gasteiger partial charge on any atom is -0.475 e. The molecule has 2 saturated heterocycles. The Labute approximate surface area is 212 Å². The Bertz CT molecular complexity index is 1110. The first-order valence-corrected chi connectivity index (χ1v) is 14.0. The number of aromatic nitrogens is 1. The number of thiazole rings is 1. The van der Waals surface area contributed by atoms with Crippen molar-refractivity contribution in [2.75, 3.05) is 32.8 Å². The van der Waals surface area contributed by atoms with Crippen LogP contribution in [-0.2, 0) is 31.9 Å². The Hall–Kier alpha value is -2.06. The second-order valence-corrected chi connectivity index (χ2v) is 11.9. The lowest BCUT2D eigenvalue weighted by atomic mass is 9.92. The van der Waals surface area contributed by atoms with Crippen LogP contribution in [0.3, 0.4) is 0 Å². The van der Waals surface area contributed by atoms with E-state index in [9.17, 15) is 21.6 Å². The fraction of sp³-hybridized carbons (Fsp3) is 0.565. The molecule has 2 aromatic rings. The molecule has 0 amide bonds. The number of nitrogens with zero attached hydrogens (tertiary/aromatic N) is 3. The minimum absolute atomic E-state index is 0.0665. The summed E-state index contributed by atoms with van der Waals surface area (Å²) >= 11 is 1.68. The standard InChI is InChI=1S/C21H29N3O3S2.C2HF3O2/c1-18-22-20(15-28-18)14-23-12-13-27-21(17-23)8-5-10-24(11-9-21)29(25,26)16-19-6-3-2-4-7-19;3-2(4,5)1(6)7/h2-4,6-7,15H,5,8-14,16-17H2,1H3;(H,6,7). The van der Waals surface area contributed by atoms with Gasteiger partial charge in [0.25, 0.3) is 0 Å². The molecular formula is C23H30F3N3O5S2. The summed E-state index contributed by atoms with van der Waals surface area (Å²) in [5.41, 5.74) is 1.70. The van der Waals surface area contributed by atoms with Gasteiger partial charge in [0, 0.05) is 38.1 Å². The van der Waals surface area contributed by atoms with Gasteiger partial charge in [-0.05, 0) is 31.7 Å². The number of aryl methyl sites for hydroxylation is 1. The van der Waals surface area contributed by atoms with Crippen molar-refractivity contribution in [3.63, 3.8) is 0 Å². The number of carboxylic acid groups (broad SMARTS) is 1. The summed E-state index contributed by atoms with van der Waals surface area (Å²) < 4.78 is 65.6. The van der Waals surface area contributed by atoms with Crippen LogP contribution in [0.4, 0.5) is 13.2 Å². The van der Waals surface area contributed by atoms with E-state index in [0.29, 0.717) is 19.7 Å². The van der Waals surface area contributed by atoms with Gasteiger partial charge in [-0.2, -0.15) is 13.2 Å². The van der Waals surface area contributed by atoms with Gasteiger partial charge in [-0.3, -0.25) is 4.90 Å². The van der Waals surface area contributed by atoms with Crippen molar-refractivity contribution in [3.05, 3.63) is 52.0 Å². The Morgan fingerprint density at radius 2 is 1.89 bits per heavy atom. The van der Waals surface area contributed by atoms with Crippen LogP contribution in [0.15, 0.2) is 35.7 Å². The number of benzene rings is 1. The number of rotatable bonds is 5. The van der Waals surface area contributed by atoms with Crippen molar-refractivity contribution in [1.29, 1.82) is 0 Å². The second-order valence-electron chi connectivity index (χ2n) is 8.90. The van der Waals surface area contributed by atoms with E-state index in [2.05, 4.69) is 15.3 Å². The Kier molecular flexibility index (Phi) is 9.50. The first-order chi connectivity index (χ1) is 16.9. The van der Waals surface area contributed by atoms with Crippen molar-refractivity contribution >= 4 is 27.3 Å². The molecule has 13 heteroatoms. The van der Waals surface area contributed by atoms with Crippen molar-refractivity contribution in [3.8, 4) is 0 Å². The summed E-state index contributed by atoms with van der Waals surface area (Å²) in [5.74, 6) is -2.69. The lowest BCUT2D eigenvalue weighted by Crippen LogP contribution is -2.52. The largest absolute Gasteiger partial charge is 0.490 e. The SMILES string of the molecule is Cc1nc(CN2CCOC3(CCCN(S(=O)(=O)Cc4ccccc4)CC3)C2)cs1.O=C(O)C(F)(F)F. The van der Waals surface area contributed by atoms with E-state index in [1.165, 1.54) is 0 Å². The molecule has 0 radical (unpaired) electrons. The minimum atomic E-state index is -5.08. The van der Waals surface area contributed by atoms with Gasteiger partial charge in [0.2, 0.25) is 10.0 Å². The smallest absolute Gasteiger partial charge is 0.475 e. The van der Waals surface area contributed by atoms with Crippen LogP contribution < -0.4 is 0 Å². The van der Waals surface area contributed by atoms with Crippen molar-refractivity contribution in [2.45, 2.75) is 50.3 Å². The Balaban J connectivity index is 0.000000454. The monoisotopic (exact) mass is 549 g/mol. The molecule has 2 aliphatic heterocycles. The predicted molar refractivity (Wildman–Crippen MR) is 129 cm³/mol. The molecule has 4 rings (SSSR count). The Morgan fingerprint density at radius 1 is 1.19 bits per heavy atom. The van der Waals surface area contributed by atoms with Crippen LogP contribution in [0.1, 0.15) is 35.5 Å². The molecule has 0 bridgehead atoms. The molecule has 1 aromatic carbocycles. The highest BCUT2D eigenvalue weighted by Gasteiger charge is 2.40. The summed E-state index contributed by atoms with van der Waals surface area (Å²) in [7, 11) is -3.32. The number of carboxylic acids is 1. The maximum absolute atomic E-state index is 13.0. The maximum atomic E-state index is 13.0. The fourth-order valence-electron chi connectivity index (χ4n) is 4.37. The van der Waals surface area contributed by atoms with E-state index in [4.69, 9.17) is 14.6 Å². The zero-order valence-electron chi connectivity index (χ0n) is 19.9. The normalized spacial score (nSPS) is 22.0. The number of ether oxygens (including phenoxy) is 1. The molecule has 1 N–H and O–H groups in total. The van der Waals surface area contributed by atoms with Gasteiger partial charge in [0.1, 0.15) is 0 Å². The van der Waals surface area contributed by atoms with E-state index in [0.717, 1.165) is 55.2 Å². The molecule has 1 spiro atoms. The predicted octanol–water partition coefficient (Wildman–Crippen LogP) is 3.67. The average Bonchev–Trinajstić information content (AvgIpc) is 3.09. The summed E-state index contributed by atoms with van der Waals surface area (Å²) in [6, 6.07) is 9.43. The third-order valence-electron chi connectivity index (χ3n) is 6.06. The van der Waals surface area contributed by atoms with Gasteiger partial charge < -0.3 is 9.84 Å². The zero-order chi connectivity index (χ0) is 26.4. The van der Waals surface area contributed by atoms with Crippen LogP contribution in [0.5, 0.6) is 0 Å². The number of aliphatic carboxylic acids is 1. The van der Waals surface area contributed by atoms with E-state index in [1.54, 1.807) is 15.6 Å². The number of hydrogen-bond donors (Lipinski definition) is 1. The highest BCUT2D eigenvalue weighted by molar-refractivity contribution is 7.88. The highest BCUT2D eigenvalue weighted by Crippen LogP contribution is 2.32. The van der Waals surface area contributed by atoms with Gasteiger partial charge in [-0.15, -0.1) is 11.3 Å². The average molecular weight is 550 g/mol. The molecule has 8 nitrogen and oxygen atoms in total. The molecule has 1 unspecified atom stereocenters. The van der Waals surface area contributed by atoms with Crippen LogP contribution in [0.25, 0.3) is 0 Å². The van der Waals surface area contributed by atoms with E-state index in [1.807, 2.05) is 37.3 Å². The van der Waals surface area contributed by atoms with Crippen molar-refractivity contribution < 1.29 is 36.2 Å². The third-order valence-corrected chi connectivity index (χ3v) is 8.74. The molecule has 0 saturated carbocycles. The molecule has 1 atom stereocenters. The molecule has 36 heavy (non-hydrogen) atoms. The van der Waals surface area contributed by atoms with Gasteiger partial charge >= 0.3 is 12.1 Å². The van der Waals surface area contributed by atoms with Gasteiger partial charge in [0.05, 0.1) is 28.7 Å². The van der Waals surface area contributed by atoms with Gasteiger partial charge in [-0.1, -0.05) is 30.3 Å². The topological polar surface area (TPSA) is 100 Å².